The Bertz CT molecular complexity index is 2180. The SMILES string of the molecule is Cc1c(C)c(C)c([NH3+])c(C)c1C.FC(F)(F)c1cc([B-](c2cc(C(F)(F)F)cc(C(F)(F)F)c2)(c2cc(C(F)(F)F)cc(C(F)(F)F)c2)c2cc(C(F)(F)F)cc(C(F)(F)F)c2)cc(C(F)(F)F)c1. The van der Waals surface area contributed by atoms with E-state index in [-0.39, 0.29) is 0 Å². The van der Waals surface area contributed by atoms with Crippen LogP contribution in [-0.2, 0) is 49.4 Å². The molecule has 0 fully saturated rings. The van der Waals surface area contributed by atoms with Crippen LogP contribution < -0.4 is 27.6 Å². The quantitative estimate of drug-likeness (QED) is 0.137. The molecule has 0 aliphatic carbocycles. The zero-order valence-electron chi connectivity index (χ0n) is 35.3. The molecule has 0 aromatic heterocycles. The number of hydrogen-bond donors (Lipinski definition) is 1. The van der Waals surface area contributed by atoms with Gasteiger partial charge in [-0.1, -0.05) is 48.5 Å². The van der Waals surface area contributed by atoms with Crippen molar-refractivity contribution in [1.82, 2.24) is 0 Å². The average molecular weight is 1030 g/mol. The minimum Gasteiger partial charge on any atom is -0.325 e. The zero-order chi connectivity index (χ0) is 53.4. The highest BCUT2D eigenvalue weighted by atomic mass is 19.4. The molecule has 5 rings (SSSR count). The summed E-state index contributed by atoms with van der Waals surface area (Å²) in [7, 11) is 0. The summed E-state index contributed by atoms with van der Waals surface area (Å²) in [4.78, 5) is 0. The Morgan fingerprint density at radius 2 is 0.377 bits per heavy atom. The largest absolute Gasteiger partial charge is 0.416 e. The molecule has 0 saturated carbocycles. The number of rotatable bonds is 4. The lowest BCUT2D eigenvalue weighted by molar-refractivity contribution is -0.256. The van der Waals surface area contributed by atoms with Crippen molar-refractivity contribution < 1.29 is 111 Å². The fourth-order valence-corrected chi connectivity index (χ4v) is 7.65. The molecular formula is C43H30BF24N. The number of halogens is 24. The molecule has 26 heteroatoms. The molecule has 0 aliphatic heterocycles. The van der Waals surface area contributed by atoms with Gasteiger partial charge in [0.1, 0.15) is 11.8 Å². The maximum absolute atomic E-state index is 14.2. The number of quaternary nitrogens is 1. The van der Waals surface area contributed by atoms with Crippen molar-refractivity contribution in [3.8, 4) is 0 Å². The molecule has 3 N–H and O–H groups in total. The molecule has 0 spiro atoms. The predicted octanol–water partition coefficient (Wildman–Crippen LogP) is 13.3. The van der Waals surface area contributed by atoms with Gasteiger partial charge in [-0.15, -0.1) is 0 Å². The van der Waals surface area contributed by atoms with Crippen molar-refractivity contribution >= 4 is 33.7 Å². The summed E-state index contributed by atoms with van der Waals surface area (Å²) in [5.74, 6) is 0. The Balaban J connectivity index is 0.000000750. The Kier molecular flexibility index (Phi) is 14.6. The molecule has 0 saturated heterocycles. The first kappa shape index (κ1) is 56.0. The molecule has 0 amide bonds. The summed E-state index contributed by atoms with van der Waals surface area (Å²) < 4.78 is 341. The van der Waals surface area contributed by atoms with Gasteiger partial charge in [-0.2, -0.15) is 127 Å². The van der Waals surface area contributed by atoms with Crippen LogP contribution in [-0.4, -0.2) is 6.15 Å². The summed E-state index contributed by atoms with van der Waals surface area (Å²) in [6.07, 6.45) is -54.8. The standard InChI is InChI=1S/C32H12BF24.C11H17N/c34-25(35,36)13-1-14(26(37,38)39)6-21(5-13)33(22-7-15(27(40,41)42)2-16(8-22)28(43,44)45,23-9-17(29(46,47)48)3-18(10-23)30(49,50)51)24-11-19(31(52,53)54)4-20(12-24)32(55,56)57;1-6-7(2)9(4)11(12)10(5)8(6)3/h1-12H;12H2,1-5H3/q-1;/p+1. The van der Waals surface area contributed by atoms with Gasteiger partial charge in [-0.05, 0) is 75.6 Å². The van der Waals surface area contributed by atoms with Crippen LogP contribution >= 0.6 is 0 Å². The van der Waals surface area contributed by atoms with Crippen LogP contribution in [0.4, 0.5) is 111 Å². The fourth-order valence-electron chi connectivity index (χ4n) is 7.65. The highest BCUT2D eigenvalue weighted by Crippen LogP contribution is 2.41. The van der Waals surface area contributed by atoms with Crippen molar-refractivity contribution in [1.29, 1.82) is 0 Å². The lowest BCUT2D eigenvalue weighted by atomic mass is 9.12. The van der Waals surface area contributed by atoms with Crippen molar-refractivity contribution in [2.24, 2.45) is 0 Å². The second-order valence-corrected chi connectivity index (χ2v) is 15.8. The molecule has 0 atom stereocenters. The van der Waals surface area contributed by atoms with Gasteiger partial charge in [0.15, 0.2) is 0 Å². The first-order valence-electron chi connectivity index (χ1n) is 19.0. The van der Waals surface area contributed by atoms with E-state index in [0.29, 0.717) is 0 Å². The van der Waals surface area contributed by atoms with Crippen LogP contribution in [0, 0.1) is 34.6 Å². The van der Waals surface area contributed by atoms with Gasteiger partial charge in [-0.25, -0.2) is 0 Å². The van der Waals surface area contributed by atoms with Gasteiger partial charge in [-0.3, -0.25) is 0 Å². The van der Waals surface area contributed by atoms with Crippen molar-refractivity contribution in [2.45, 2.75) is 84.0 Å². The predicted molar refractivity (Wildman–Crippen MR) is 203 cm³/mol. The summed E-state index contributed by atoms with van der Waals surface area (Å²) >= 11 is 0. The smallest absolute Gasteiger partial charge is 0.325 e. The average Bonchev–Trinajstić information content (AvgIpc) is 3.19. The lowest BCUT2D eigenvalue weighted by Gasteiger charge is -2.46. The molecule has 378 valence electrons. The minimum atomic E-state index is -6.13. The Morgan fingerprint density at radius 3 is 0.507 bits per heavy atom. The van der Waals surface area contributed by atoms with Crippen LogP contribution in [0.1, 0.15) is 72.3 Å². The Labute approximate surface area is 373 Å². The number of alkyl halides is 24. The molecule has 0 unspecified atom stereocenters. The zero-order valence-corrected chi connectivity index (χ0v) is 35.3. The number of hydrogen-bond acceptors (Lipinski definition) is 0. The second kappa shape index (κ2) is 18.0. The van der Waals surface area contributed by atoms with E-state index < -0.39 is 195 Å². The number of benzene rings is 5. The van der Waals surface area contributed by atoms with Gasteiger partial charge < -0.3 is 5.73 Å². The summed E-state index contributed by atoms with van der Waals surface area (Å²) in [6.45, 7) is 10.8. The van der Waals surface area contributed by atoms with E-state index in [9.17, 15) is 105 Å². The van der Waals surface area contributed by atoms with E-state index in [2.05, 4.69) is 40.4 Å². The highest BCUT2D eigenvalue weighted by molar-refractivity contribution is 7.20. The summed E-state index contributed by atoms with van der Waals surface area (Å²) in [5.41, 5.74) is -18.0. The first-order valence-corrected chi connectivity index (χ1v) is 19.0. The molecule has 0 radical (unpaired) electrons. The maximum atomic E-state index is 14.2. The van der Waals surface area contributed by atoms with E-state index in [1.807, 2.05) is 0 Å². The van der Waals surface area contributed by atoms with Gasteiger partial charge >= 0.3 is 49.4 Å². The van der Waals surface area contributed by atoms with Crippen LogP contribution in [0.5, 0.6) is 0 Å². The van der Waals surface area contributed by atoms with E-state index >= 15 is 0 Å². The molecule has 0 aliphatic rings. The Morgan fingerprint density at radius 1 is 0.246 bits per heavy atom. The molecule has 5 aromatic carbocycles. The van der Waals surface area contributed by atoms with E-state index in [4.69, 9.17) is 0 Å². The van der Waals surface area contributed by atoms with Crippen LogP contribution in [0.25, 0.3) is 0 Å². The first-order chi connectivity index (χ1) is 30.7. The molecule has 0 bridgehead atoms. The van der Waals surface area contributed by atoms with Crippen LogP contribution in [0.3, 0.4) is 0 Å². The van der Waals surface area contributed by atoms with Gasteiger partial charge in [0, 0.05) is 11.1 Å². The van der Waals surface area contributed by atoms with Gasteiger partial charge in [0.25, 0.3) is 0 Å². The van der Waals surface area contributed by atoms with E-state index in [1.165, 1.54) is 33.5 Å². The minimum absolute atomic E-state index is 0.691. The van der Waals surface area contributed by atoms with E-state index in [0.717, 1.165) is 0 Å². The second-order valence-electron chi connectivity index (χ2n) is 15.8. The Hall–Kier alpha value is -5.56. The maximum Gasteiger partial charge on any atom is 0.416 e. The van der Waals surface area contributed by atoms with E-state index in [1.54, 1.807) is 0 Å². The third-order valence-electron chi connectivity index (χ3n) is 11.6. The highest BCUT2D eigenvalue weighted by Gasteiger charge is 2.47. The van der Waals surface area contributed by atoms with Gasteiger partial charge in [0.05, 0.1) is 44.5 Å². The lowest BCUT2D eigenvalue weighted by Crippen LogP contribution is -2.75. The molecule has 1 nitrogen and oxygen atoms in total. The normalized spacial score (nSPS) is 13.7. The van der Waals surface area contributed by atoms with Crippen LogP contribution in [0.15, 0.2) is 72.8 Å². The van der Waals surface area contributed by atoms with Crippen molar-refractivity contribution in [3.63, 3.8) is 0 Å². The topological polar surface area (TPSA) is 27.6 Å². The van der Waals surface area contributed by atoms with Gasteiger partial charge in [0.2, 0.25) is 0 Å². The molecule has 5 aromatic rings. The van der Waals surface area contributed by atoms with Crippen LogP contribution in [0.2, 0.25) is 0 Å². The third-order valence-corrected chi connectivity index (χ3v) is 11.6. The molecular weight excluding hydrogens is 997 g/mol. The fraction of sp³-hybridized carbons (Fsp3) is 0.302. The third kappa shape index (κ3) is 11.9. The van der Waals surface area contributed by atoms with Crippen molar-refractivity contribution in [2.75, 3.05) is 0 Å². The molecule has 0 heterocycles. The molecule has 69 heavy (non-hydrogen) atoms. The summed E-state index contributed by atoms with van der Waals surface area (Å²) in [6, 6.07) is -8.81. The van der Waals surface area contributed by atoms with Crippen molar-refractivity contribution in [3.05, 3.63) is 145 Å². The monoisotopic (exact) mass is 1030 g/mol. The summed E-state index contributed by atoms with van der Waals surface area (Å²) in [5, 5.41) is 0.